The van der Waals surface area contributed by atoms with Crippen LogP contribution in [0.5, 0.6) is 0 Å². The second-order valence-corrected chi connectivity index (χ2v) is 7.44. The van der Waals surface area contributed by atoms with Gasteiger partial charge in [-0.3, -0.25) is 4.79 Å². The van der Waals surface area contributed by atoms with E-state index < -0.39 is 6.10 Å². The number of rotatable bonds is 4. The van der Waals surface area contributed by atoms with Crippen molar-refractivity contribution in [1.29, 1.82) is 0 Å². The highest BCUT2D eigenvalue weighted by Gasteiger charge is 2.36. The van der Waals surface area contributed by atoms with Gasteiger partial charge in [0.2, 0.25) is 0 Å². The van der Waals surface area contributed by atoms with E-state index in [1.165, 1.54) is 12.5 Å². The molecule has 0 unspecified atom stereocenters. The third kappa shape index (κ3) is 5.20. The molecule has 0 saturated carbocycles. The molecular formula is C22H30O4. The number of fused-ring (bicyclic) bond motifs is 1. The zero-order valence-electron chi connectivity index (χ0n) is 16.2. The molecule has 0 N–H and O–H groups in total. The largest absolute Gasteiger partial charge is 0.462 e. The smallest absolute Gasteiger partial charge is 0.334 e. The van der Waals surface area contributed by atoms with Gasteiger partial charge in [-0.1, -0.05) is 36.5 Å². The van der Waals surface area contributed by atoms with Crippen LogP contribution in [0.15, 0.2) is 47.6 Å². The summed E-state index contributed by atoms with van der Waals surface area (Å²) < 4.78 is 10.8. The number of hydrogen-bond acceptors (Lipinski definition) is 4. The van der Waals surface area contributed by atoms with Crippen LogP contribution >= 0.6 is 0 Å². The minimum atomic E-state index is -0.422. The Balaban J connectivity index is 2.26. The van der Waals surface area contributed by atoms with Crippen LogP contribution in [0.2, 0.25) is 0 Å². The maximum absolute atomic E-state index is 12.5. The van der Waals surface area contributed by atoms with Crippen LogP contribution < -0.4 is 0 Å². The molecule has 3 atom stereocenters. The van der Waals surface area contributed by atoms with E-state index in [9.17, 15) is 9.59 Å². The Morgan fingerprint density at radius 3 is 2.77 bits per heavy atom. The first-order valence-corrected chi connectivity index (χ1v) is 9.32. The van der Waals surface area contributed by atoms with Crippen molar-refractivity contribution >= 4 is 11.9 Å². The Morgan fingerprint density at radius 1 is 1.38 bits per heavy atom. The highest BCUT2D eigenvalue weighted by Crippen LogP contribution is 2.39. The van der Waals surface area contributed by atoms with Gasteiger partial charge in [0, 0.05) is 30.8 Å². The fraction of sp³-hybridized carbons (Fsp3) is 0.545. The third-order valence-corrected chi connectivity index (χ3v) is 5.26. The Labute approximate surface area is 156 Å². The van der Waals surface area contributed by atoms with Crippen LogP contribution in [0, 0.1) is 11.8 Å². The fourth-order valence-electron chi connectivity index (χ4n) is 3.69. The van der Waals surface area contributed by atoms with E-state index in [1.807, 2.05) is 13.0 Å². The molecule has 0 radical (unpaired) electrons. The molecular weight excluding hydrogens is 328 g/mol. The molecule has 2 aliphatic rings. The van der Waals surface area contributed by atoms with Crippen LogP contribution in [0.3, 0.4) is 0 Å². The van der Waals surface area contributed by atoms with E-state index in [4.69, 9.17) is 9.47 Å². The molecule has 1 aliphatic heterocycles. The molecule has 26 heavy (non-hydrogen) atoms. The monoisotopic (exact) mass is 358 g/mol. The molecule has 142 valence electrons. The number of ether oxygens (including phenoxy) is 2. The summed E-state index contributed by atoms with van der Waals surface area (Å²) in [6, 6.07) is 0. The number of hydrogen-bond donors (Lipinski definition) is 0. The lowest BCUT2D eigenvalue weighted by atomic mass is 9.76. The molecule has 0 aromatic rings. The van der Waals surface area contributed by atoms with E-state index in [0.29, 0.717) is 18.6 Å². The molecule has 0 aromatic heterocycles. The van der Waals surface area contributed by atoms with Crippen molar-refractivity contribution in [2.45, 2.75) is 59.0 Å². The predicted molar refractivity (Wildman–Crippen MR) is 102 cm³/mol. The number of cyclic esters (lactones) is 1. The van der Waals surface area contributed by atoms with Gasteiger partial charge in [-0.25, -0.2) is 4.79 Å². The average Bonchev–Trinajstić information content (AvgIpc) is 2.62. The molecule has 4 nitrogen and oxygen atoms in total. The minimum Gasteiger partial charge on any atom is -0.462 e. The summed E-state index contributed by atoms with van der Waals surface area (Å²) in [6.07, 6.45) is 7.94. The van der Waals surface area contributed by atoms with Gasteiger partial charge in [-0.15, -0.1) is 0 Å². The third-order valence-electron chi connectivity index (χ3n) is 5.26. The minimum absolute atomic E-state index is 0.105. The SMILES string of the molecule is C=C(C)[C@@H](CC=C1C(=O)OC[C@H]2C(=C)CC/C=C(/C)CC[C@H]12)OC(C)=O. The summed E-state index contributed by atoms with van der Waals surface area (Å²) in [5.41, 5.74) is 3.96. The van der Waals surface area contributed by atoms with Crippen molar-refractivity contribution in [2.75, 3.05) is 6.61 Å². The van der Waals surface area contributed by atoms with Gasteiger partial charge in [0.25, 0.3) is 0 Å². The topological polar surface area (TPSA) is 52.6 Å². The molecule has 0 bridgehead atoms. The van der Waals surface area contributed by atoms with Crippen LogP contribution in [0.1, 0.15) is 52.9 Å². The van der Waals surface area contributed by atoms with E-state index >= 15 is 0 Å². The lowest BCUT2D eigenvalue weighted by Gasteiger charge is -2.34. The van der Waals surface area contributed by atoms with Crippen molar-refractivity contribution in [3.05, 3.63) is 47.6 Å². The van der Waals surface area contributed by atoms with Gasteiger partial charge < -0.3 is 9.47 Å². The van der Waals surface area contributed by atoms with Crippen molar-refractivity contribution in [3.63, 3.8) is 0 Å². The predicted octanol–water partition coefficient (Wildman–Crippen LogP) is 4.68. The summed E-state index contributed by atoms with van der Waals surface area (Å²) >= 11 is 0. The first-order chi connectivity index (χ1) is 12.3. The zero-order chi connectivity index (χ0) is 19.3. The normalized spacial score (nSPS) is 28.6. The van der Waals surface area contributed by atoms with Crippen molar-refractivity contribution < 1.29 is 19.1 Å². The highest BCUT2D eigenvalue weighted by molar-refractivity contribution is 5.90. The van der Waals surface area contributed by atoms with E-state index in [2.05, 4.69) is 26.2 Å². The Kier molecular flexibility index (Phi) is 7.01. The van der Waals surface area contributed by atoms with Gasteiger partial charge in [-0.05, 0) is 45.1 Å². The van der Waals surface area contributed by atoms with Crippen molar-refractivity contribution in [2.24, 2.45) is 11.8 Å². The number of carbonyl (C=O) groups is 2. The van der Waals surface area contributed by atoms with Gasteiger partial charge >= 0.3 is 11.9 Å². The summed E-state index contributed by atoms with van der Waals surface area (Å²) in [5, 5.41) is 0. The average molecular weight is 358 g/mol. The zero-order valence-corrected chi connectivity index (χ0v) is 16.2. The summed E-state index contributed by atoms with van der Waals surface area (Å²) in [5.74, 6) is -0.344. The molecule has 1 fully saturated rings. The molecule has 0 amide bonds. The fourth-order valence-corrected chi connectivity index (χ4v) is 3.69. The van der Waals surface area contributed by atoms with Crippen molar-refractivity contribution in [3.8, 4) is 0 Å². The Hall–Kier alpha value is -2.10. The number of carbonyl (C=O) groups excluding carboxylic acids is 2. The first kappa shape index (κ1) is 20.2. The van der Waals surface area contributed by atoms with E-state index in [-0.39, 0.29) is 23.8 Å². The van der Waals surface area contributed by atoms with E-state index in [1.54, 1.807) is 0 Å². The van der Waals surface area contributed by atoms with E-state index in [0.717, 1.165) is 36.8 Å². The second kappa shape index (κ2) is 9.02. The maximum Gasteiger partial charge on any atom is 0.334 e. The van der Waals surface area contributed by atoms with Gasteiger partial charge in [0.05, 0.1) is 6.61 Å². The van der Waals surface area contributed by atoms with Gasteiger partial charge in [0.1, 0.15) is 6.10 Å². The quantitative estimate of drug-likeness (QED) is 0.416. The molecule has 1 aliphatic carbocycles. The molecule has 1 heterocycles. The molecule has 2 rings (SSSR count). The van der Waals surface area contributed by atoms with Gasteiger partial charge in [-0.2, -0.15) is 0 Å². The molecule has 4 heteroatoms. The van der Waals surface area contributed by atoms with Crippen LogP contribution in [-0.2, 0) is 19.1 Å². The Morgan fingerprint density at radius 2 is 2.12 bits per heavy atom. The Bertz CT molecular complexity index is 653. The molecule has 0 spiro atoms. The molecule has 0 aromatic carbocycles. The van der Waals surface area contributed by atoms with Gasteiger partial charge in [0.15, 0.2) is 0 Å². The highest BCUT2D eigenvalue weighted by atomic mass is 16.5. The van der Waals surface area contributed by atoms with Crippen LogP contribution in [0.25, 0.3) is 0 Å². The molecule has 1 saturated heterocycles. The second-order valence-electron chi connectivity index (χ2n) is 7.44. The number of esters is 2. The first-order valence-electron chi connectivity index (χ1n) is 9.32. The van der Waals surface area contributed by atoms with Crippen LogP contribution in [0.4, 0.5) is 0 Å². The standard InChI is InChI=1S/C22H30O4/c1-14(2)21(26-17(5)23)12-11-19-18-10-9-15(3)7-6-8-16(4)20(18)13-25-22(19)24/h7,11,18,20-21H,1,4,6,8-10,12-13H2,2-3,5H3/b15-7-,19-11?/t18-,20+,21-/m1/s1. The summed E-state index contributed by atoms with van der Waals surface area (Å²) in [4.78, 5) is 23.8. The maximum atomic E-state index is 12.5. The summed E-state index contributed by atoms with van der Waals surface area (Å²) in [7, 11) is 0. The lowest BCUT2D eigenvalue weighted by Crippen LogP contribution is -2.34. The number of allylic oxidation sites excluding steroid dienone is 2. The van der Waals surface area contributed by atoms with Crippen molar-refractivity contribution in [1.82, 2.24) is 0 Å². The van der Waals surface area contributed by atoms with Crippen LogP contribution in [-0.4, -0.2) is 24.6 Å². The summed E-state index contributed by atoms with van der Waals surface area (Å²) in [6.45, 7) is 13.9. The lowest BCUT2D eigenvalue weighted by molar-refractivity contribution is -0.145.